The summed E-state index contributed by atoms with van der Waals surface area (Å²) in [6.45, 7) is 5.28. The second-order valence-corrected chi connectivity index (χ2v) is 7.93. The van der Waals surface area contributed by atoms with Crippen LogP contribution in [0.3, 0.4) is 0 Å². The lowest BCUT2D eigenvalue weighted by Gasteiger charge is -2.25. The summed E-state index contributed by atoms with van der Waals surface area (Å²) in [7, 11) is 0. The minimum absolute atomic E-state index is 0.0886. The molecule has 0 fully saturated rings. The lowest BCUT2D eigenvalue weighted by Crippen LogP contribution is -2.35. The van der Waals surface area contributed by atoms with Gasteiger partial charge in [0.15, 0.2) is 0 Å². The number of anilines is 1. The summed E-state index contributed by atoms with van der Waals surface area (Å²) in [5, 5.41) is 8.06. The van der Waals surface area contributed by atoms with Crippen molar-refractivity contribution in [2.75, 3.05) is 11.9 Å². The van der Waals surface area contributed by atoms with Gasteiger partial charge in [0.05, 0.1) is 5.02 Å². The number of rotatable bonds is 5. The summed E-state index contributed by atoms with van der Waals surface area (Å²) < 4.78 is 0. The highest BCUT2D eigenvalue weighted by Gasteiger charge is 2.19. The van der Waals surface area contributed by atoms with Gasteiger partial charge in [-0.15, -0.1) is 0 Å². The summed E-state index contributed by atoms with van der Waals surface area (Å²) in [6, 6.07) is 24.1. The summed E-state index contributed by atoms with van der Waals surface area (Å²) in [4.78, 5) is 15.1. The molecular formula is C26H25ClN2O. The molecule has 0 aliphatic heterocycles. The van der Waals surface area contributed by atoms with Crippen LogP contribution in [-0.4, -0.2) is 17.5 Å². The van der Waals surface area contributed by atoms with Crippen molar-refractivity contribution in [3.05, 3.63) is 88.9 Å². The van der Waals surface area contributed by atoms with Crippen molar-refractivity contribution < 1.29 is 4.79 Å². The zero-order chi connectivity index (χ0) is 21.1. The van der Waals surface area contributed by atoms with E-state index in [4.69, 9.17) is 11.6 Å². The van der Waals surface area contributed by atoms with Crippen LogP contribution >= 0.6 is 11.6 Å². The van der Waals surface area contributed by atoms with Crippen LogP contribution in [0, 0.1) is 6.92 Å². The zero-order valence-electron chi connectivity index (χ0n) is 17.3. The second kappa shape index (κ2) is 8.76. The number of aryl methyl sites for hydroxylation is 1. The van der Waals surface area contributed by atoms with E-state index < -0.39 is 0 Å². The molecule has 152 valence electrons. The highest BCUT2D eigenvalue weighted by Crippen LogP contribution is 2.36. The molecule has 0 saturated carbocycles. The fourth-order valence-corrected chi connectivity index (χ4v) is 4.29. The number of halogens is 1. The molecular weight excluding hydrogens is 392 g/mol. The number of nitrogens with one attached hydrogen (secondary N) is 1. The standard InChI is InChI=1S/C26H25ClN2O/c1-3-16-29(26(30)28-24-15-9-4-10-18(24)2)17-23-19-11-5-7-13-21(19)25(27)22-14-8-6-12-20(22)23/h4-15H,3,16-17H2,1-2H3,(H,28,30). The van der Waals surface area contributed by atoms with Crippen molar-refractivity contribution in [3.8, 4) is 0 Å². The average molecular weight is 417 g/mol. The van der Waals surface area contributed by atoms with E-state index in [1.54, 1.807) is 0 Å². The van der Waals surface area contributed by atoms with Gasteiger partial charge in [-0.05, 0) is 41.3 Å². The summed E-state index contributed by atoms with van der Waals surface area (Å²) in [5.41, 5.74) is 3.01. The van der Waals surface area contributed by atoms with Crippen LogP contribution in [-0.2, 0) is 6.54 Å². The molecule has 30 heavy (non-hydrogen) atoms. The lowest BCUT2D eigenvalue weighted by molar-refractivity contribution is 0.209. The first kappa shape index (κ1) is 20.2. The van der Waals surface area contributed by atoms with Crippen molar-refractivity contribution in [3.63, 3.8) is 0 Å². The number of nitrogens with zero attached hydrogens (tertiary/aromatic N) is 1. The van der Waals surface area contributed by atoms with Gasteiger partial charge in [-0.1, -0.05) is 85.3 Å². The molecule has 4 aromatic carbocycles. The van der Waals surface area contributed by atoms with Gasteiger partial charge >= 0.3 is 6.03 Å². The molecule has 0 heterocycles. The third-order valence-electron chi connectivity index (χ3n) is 5.49. The Balaban J connectivity index is 1.77. The van der Waals surface area contributed by atoms with Gasteiger partial charge in [-0.2, -0.15) is 0 Å². The molecule has 0 atom stereocenters. The van der Waals surface area contributed by atoms with Crippen molar-refractivity contribution >= 4 is 44.9 Å². The lowest BCUT2D eigenvalue weighted by atomic mass is 9.96. The first-order valence-electron chi connectivity index (χ1n) is 10.3. The predicted octanol–water partition coefficient (Wildman–Crippen LogP) is 7.40. The Hall–Kier alpha value is -3.04. The average Bonchev–Trinajstić information content (AvgIpc) is 2.77. The van der Waals surface area contributed by atoms with Crippen LogP contribution in [0.4, 0.5) is 10.5 Å². The fourth-order valence-electron chi connectivity index (χ4n) is 3.96. The monoisotopic (exact) mass is 416 g/mol. The van der Waals surface area contributed by atoms with Crippen LogP contribution in [0.1, 0.15) is 24.5 Å². The number of benzene rings is 4. The van der Waals surface area contributed by atoms with Crippen molar-refractivity contribution in [2.45, 2.75) is 26.8 Å². The maximum Gasteiger partial charge on any atom is 0.322 e. The van der Waals surface area contributed by atoms with Crippen LogP contribution < -0.4 is 5.32 Å². The third-order valence-corrected chi connectivity index (χ3v) is 5.90. The molecule has 0 saturated heterocycles. The van der Waals surface area contributed by atoms with Gasteiger partial charge in [0, 0.05) is 29.5 Å². The second-order valence-electron chi connectivity index (χ2n) is 7.55. The van der Waals surface area contributed by atoms with E-state index in [2.05, 4.69) is 24.4 Å². The third kappa shape index (κ3) is 3.86. The molecule has 0 aliphatic rings. The first-order valence-corrected chi connectivity index (χ1v) is 10.7. The van der Waals surface area contributed by atoms with Crippen molar-refractivity contribution in [1.82, 2.24) is 4.90 Å². The Bertz CT molecular complexity index is 1160. The highest BCUT2D eigenvalue weighted by molar-refractivity contribution is 6.41. The molecule has 0 unspecified atom stereocenters. The molecule has 0 spiro atoms. The molecule has 4 rings (SSSR count). The Morgan fingerprint density at radius 2 is 1.40 bits per heavy atom. The minimum atomic E-state index is -0.0886. The molecule has 2 amide bonds. The zero-order valence-corrected chi connectivity index (χ0v) is 18.0. The smallest absolute Gasteiger partial charge is 0.320 e. The van der Waals surface area contributed by atoms with E-state index in [1.165, 1.54) is 0 Å². The predicted molar refractivity (Wildman–Crippen MR) is 127 cm³/mol. The van der Waals surface area contributed by atoms with E-state index in [0.29, 0.717) is 13.1 Å². The normalized spacial score (nSPS) is 11.0. The molecule has 0 bridgehead atoms. The van der Waals surface area contributed by atoms with E-state index in [-0.39, 0.29) is 6.03 Å². The molecule has 1 N–H and O–H groups in total. The summed E-state index contributed by atoms with van der Waals surface area (Å²) >= 11 is 6.74. The molecule has 0 radical (unpaired) electrons. The van der Waals surface area contributed by atoms with Crippen LogP contribution in [0.15, 0.2) is 72.8 Å². The van der Waals surface area contributed by atoms with Gasteiger partial charge in [0.2, 0.25) is 0 Å². The van der Waals surface area contributed by atoms with Crippen LogP contribution in [0.5, 0.6) is 0 Å². The molecule has 4 heteroatoms. The Kier molecular flexibility index (Phi) is 5.91. The summed E-state index contributed by atoms with van der Waals surface area (Å²) in [6.07, 6.45) is 0.880. The van der Waals surface area contributed by atoms with Gasteiger partial charge < -0.3 is 10.2 Å². The maximum atomic E-state index is 13.2. The number of amides is 2. The van der Waals surface area contributed by atoms with E-state index in [9.17, 15) is 4.79 Å². The van der Waals surface area contributed by atoms with Crippen molar-refractivity contribution in [2.24, 2.45) is 0 Å². The number of para-hydroxylation sites is 1. The van der Waals surface area contributed by atoms with E-state index >= 15 is 0 Å². The van der Waals surface area contributed by atoms with Gasteiger partial charge in [-0.3, -0.25) is 0 Å². The molecule has 3 nitrogen and oxygen atoms in total. The van der Waals surface area contributed by atoms with Crippen LogP contribution in [0.2, 0.25) is 5.02 Å². The first-order chi connectivity index (χ1) is 14.6. The van der Waals surface area contributed by atoms with E-state index in [0.717, 1.165) is 49.8 Å². The largest absolute Gasteiger partial charge is 0.322 e. The quantitative estimate of drug-likeness (QED) is 0.338. The number of carbonyl (C=O) groups is 1. The van der Waals surface area contributed by atoms with Gasteiger partial charge in [0.25, 0.3) is 0 Å². The Labute approximate surface area is 182 Å². The number of carbonyl (C=O) groups excluding carboxylic acids is 1. The fraction of sp³-hybridized carbons (Fsp3) is 0.192. The van der Waals surface area contributed by atoms with Crippen LogP contribution in [0.25, 0.3) is 21.5 Å². The summed E-state index contributed by atoms with van der Waals surface area (Å²) in [5.74, 6) is 0. The molecule has 0 aliphatic carbocycles. The maximum absolute atomic E-state index is 13.2. The van der Waals surface area contributed by atoms with E-state index in [1.807, 2.05) is 72.5 Å². The minimum Gasteiger partial charge on any atom is -0.320 e. The molecule has 4 aromatic rings. The number of hydrogen-bond acceptors (Lipinski definition) is 1. The Morgan fingerprint density at radius 1 is 0.867 bits per heavy atom. The van der Waals surface area contributed by atoms with Gasteiger partial charge in [0.1, 0.15) is 0 Å². The number of hydrogen-bond donors (Lipinski definition) is 1. The highest BCUT2D eigenvalue weighted by atomic mass is 35.5. The number of urea groups is 1. The van der Waals surface area contributed by atoms with Gasteiger partial charge in [-0.25, -0.2) is 4.79 Å². The SMILES string of the molecule is CCCN(Cc1c2ccccc2c(Cl)c2ccccc12)C(=O)Nc1ccccc1C. The number of fused-ring (bicyclic) bond motifs is 2. The van der Waals surface area contributed by atoms with Crippen molar-refractivity contribution in [1.29, 1.82) is 0 Å². The molecule has 0 aromatic heterocycles. The Morgan fingerprint density at radius 3 is 1.97 bits per heavy atom. The topological polar surface area (TPSA) is 32.3 Å².